The van der Waals surface area contributed by atoms with Crippen LogP contribution in [0.25, 0.3) is 11.2 Å². The van der Waals surface area contributed by atoms with Crippen LogP contribution in [0.2, 0.25) is 0 Å². The number of hydrogen-bond donors (Lipinski definition) is 2. The highest BCUT2D eigenvalue weighted by Crippen LogP contribution is 2.46. The number of fused-ring (bicyclic) bond motifs is 1. The van der Waals surface area contributed by atoms with E-state index in [0.717, 1.165) is 30.5 Å². The highest BCUT2D eigenvalue weighted by atomic mass is 31.2. The molecule has 1 atom stereocenters. The first kappa shape index (κ1) is 22.3. The fraction of sp³-hybridized carbons (Fsp3) is 0.450. The molecule has 8 nitrogen and oxygen atoms in total. The van der Waals surface area contributed by atoms with Gasteiger partial charge in [-0.1, -0.05) is 37.6 Å². The third-order valence-electron chi connectivity index (χ3n) is 4.67. The summed E-state index contributed by atoms with van der Waals surface area (Å²) in [5.41, 5.74) is 9.42. The molecule has 0 amide bonds. The minimum atomic E-state index is -2.67. The monoisotopic (exact) mass is 426 g/mol. The van der Waals surface area contributed by atoms with Gasteiger partial charge in [-0.25, -0.2) is 4.98 Å². The van der Waals surface area contributed by atoms with Gasteiger partial charge in [-0.05, 0) is 24.5 Å². The standard InChI is InChI=1S/C20H28BN6O2P/c1-4-6-10-23-20-25-17(22)16-18(26-20)27(19(21)24-16)12-14-8-7-9-15(11-14)13-30(3,28)29-5-2/h7-9,11H,4-6,10,12-13H2,1-3H3,(H3,22,23,25,26). The zero-order chi connectivity index (χ0) is 21.7. The molecule has 0 aliphatic rings. The van der Waals surface area contributed by atoms with E-state index in [0.29, 0.717) is 48.0 Å². The largest absolute Gasteiger partial charge is 0.382 e. The lowest BCUT2D eigenvalue weighted by molar-refractivity contribution is 0.336. The molecule has 2 heterocycles. The molecule has 1 aromatic carbocycles. The van der Waals surface area contributed by atoms with Gasteiger partial charge in [0.1, 0.15) is 5.52 Å². The van der Waals surface area contributed by atoms with Crippen LogP contribution in [0, 0.1) is 0 Å². The Bertz CT molecular complexity index is 1070. The first-order valence-corrected chi connectivity index (χ1v) is 12.4. The second kappa shape index (κ2) is 9.62. The first-order valence-electron chi connectivity index (χ1n) is 10.1. The van der Waals surface area contributed by atoms with Gasteiger partial charge in [0.15, 0.2) is 19.3 Å². The molecule has 2 aromatic heterocycles. The Balaban J connectivity index is 1.89. The smallest absolute Gasteiger partial charge is 0.226 e. The van der Waals surface area contributed by atoms with Crippen molar-refractivity contribution in [3.05, 3.63) is 35.4 Å². The fourth-order valence-electron chi connectivity index (χ4n) is 3.31. The van der Waals surface area contributed by atoms with Gasteiger partial charge in [0.05, 0.1) is 12.3 Å². The first-order chi connectivity index (χ1) is 14.3. The van der Waals surface area contributed by atoms with E-state index in [2.05, 4.69) is 27.2 Å². The maximum Gasteiger partial charge on any atom is 0.226 e. The number of aromatic nitrogens is 4. The Morgan fingerprint density at radius 1 is 1.23 bits per heavy atom. The van der Waals surface area contributed by atoms with E-state index in [1.165, 1.54) is 0 Å². The number of hydrogen-bond acceptors (Lipinski definition) is 7. The van der Waals surface area contributed by atoms with Crippen molar-refractivity contribution in [3.8, 4) is 0 Å². The third kappa shape index (κ3) is 5.40. The van der Waals surface area contributed by atoms with E-state index in [-0.39, 0.29) is 0 Å². The summed E-state index contributed by atoms with van der Waals surface area (Å²) in [5.74, 6) is 0.758. The molecule has 0 saturated heterocycles. The van der Waals surface area contributed by atoms with E-state index in [1.807, 2.05) is 35.8 Å². The number of nitrogen functional groups attached to an aromatic ring is 1. The zero-order valence-corrected chi connectivity index (χ0v) is 18.7. The Morgan fingerprint density at radius 2 is 2.00 bits per heavy atom. The van der Waals surface area contributed by atoms with Crippen LogP contribution in [0.3, 0.4) is 0 Å². The van der Waals surface area contributed by atoms with Crippen molar-refractivity contribution in [2.24, 2.45) is 0 Å². The van der Waals surface area contributed by atoms with Crippen LogP contribution in [-0.4, -0.2) is 47.2 Å². The molecule has 0 aliphatic carbocycles. The number of rotatable bonds is 10. The van der Waals surface area contributed by atoms with Crippen LogP contribution in [0.5, 0.6) is 0 Å². The molecule has 3 N–H and O–H groups in total. The van der Waals surface area contributed by atoms with Crippen LogP contribution in [0.15, 0.2) is 24.3 Å². The molecule has 0 spiro atoms. The zero-order valence-electron chi connectivity index (χ0n) is 17.8. The van der Waals surface area contributed by atoms with Gasteiger partial charge in [0, 0.05) is 25.9 Å². The molecule has 1 unspecified atom stereocenters. The molecule has 0 saturated carbocycles. The third-order valence-corrected chi connectivity index (χ3v) is 6.41. The SMILES string of the molecule is [B]c1nc2c(N)nc(NCCCC)nc2n1Cc1cccc(CP(C)(=O)OCC)c1. The molecular weight excluding hydrogens is 398 g/mol. The molecule has 10 heteroatoms. The average molecular weight is 426 g/mol. The molecule has 3 aromatic rings. The molecular formula is C20H28BN6O2P. The fourth-order valence-corrected chi connectivity index (χ4v) is 4.81. The van der Waals surface area contributed by atoms with Crippen molar-refractivity contribution in [3.63, 3.8) is 0 Å². The van der Waals surface area contributed by atoms with Gasteiger partial charge < -0.3 is 20.1 Å². The van der Waals surface area contributed by atoms with Gasteiger partial charge >= 0.3 is 0 Å². The summed E-state index contributed by atoms with van der Waals surface area (Å²) in [6.45, 7) is 7.29. The maximum atomic E-state index is 12.5. The van der Waals surface area contributed by atoms with Crippen molar-refractivity contribution < 1.29 is 9.09 Å². The lowest BCUT2D eigenvalue weighted by Crippen LogP contribution is -2.20. The van der Waals surface area contributed by atoms with Crippen LogP contribution in [0.1, 0.15) is 37.8 Å². The second-order valence-corrected chi connectivity index (χ2v) is 9.95. The predicted octanol–water partition coefficient (Wildman–Crippen LogP) is 2.91. The summed E-state index contributed by atoms with van der Waals surface area (Å²) in [6, 6.07) is 7.88. The number of nitrogens with one attached hydrogen (secondary N) is 1. The van der Waals surface area contributed by atoms with Gasteiger partial charge in [0.25, 0.3) is 0 Å². The van der Waals surface area contributed by atoms with Crippen molar-refractivity contribution in [2.45, 2.75) is 39.4 Å². The Kier molecular flexibility index (Phi) is 7.16. The summed E-state index contributed by atoms with van der Waals surface area (Å²) in [4.78, 5) is 13.2. The quantitative estimate of drug-likeness (QED) is 0.292. The van der Waals surface area contributed by atoms with Crippen LogP contribution < -0.4 is 16.8 Å². The summed E-state index contributed by atoms with van der Waals surface area (Å²) in [7, 11) is 3.50. The number of nitrogens with two attached hydrogens (primary N) is 1. The highest BCUT2D eigenvalue weighted by molar-refractivity contribution is 7.57. The molecule has 0 aliphatic heterocycles. The molecule has 0 fully saturated rings. The average Bonchev–Trinajstić information content (AvgIpc) is 2.98. The number of benzene rings is 1. The van der Waals surface area contributed by atoms with Gasteiger partial charge in [-0.15, -0.1) is 0 Å². The number of nitrogens with zero attached hydrogens (tertiary/aromatic N) is 4. The lowest BCUT2D eigenvalue weighted by Gasteiger charge is -2.14. The van der Waals surface area contributed by atoms with Gasteiger partial charge in [-0.2, -0.15) is 9.97 Å². The normalized spacial score (nSPS) is 13.4. The molecule has 3 rings (SSSR count). The lowest BCUT2D eigenvalue weighted by atomic mass is 10.1. The highest BCUT2D eigenvalue weighted by Gasteiger charge is 2.17. The summed E-state index contributed by atoms with van der Waals surface area (Å²) < 4.78 is 19.7. The van der Waals surface area contributed by atoms with Crippen molar-refractivity contribution in [1.29, 1.82) is 0 Å². The van der Waals surface area contributed by atoms with E-state index >= 15 is 0 Å². The van der Waals surface area contributed by atoms with E-state index in [4.69, 9.17) is 18.1 Å². The minimum absolute atomic E-state index is 0.293. The second-order valence-electron chi connectivity index (χ2n) is 7.35. The Labute approximate surface area is 178 Å². The van der Waals surface area contributed by atoms with Crippen molar-refractivity contribution in [2.75, 3.05) is 30.9 Å². The van der Waals surface area contributed by atoms with Crippen LogP contribution >= 0.6 is 7.37 Å². The van der Waals surface area contributed by atoms with E-state index < -0.39 is 7.37 Å². The number of imidazole rings is 1. The summed E-state index contributed by atoms with van der Waals surface area (Å²) in [5, 5.41) is 3.20. The van der Waals surface area contributed by atoms with Crippen LogP contribution in [0.4, 0.5) is 11.8 Å². The number of unbranched alkanes of at least 4 members (excludes halogenated alkanes) is 1. The van der Waals surface area contributed by atoms with Gasteiger partial charge in [0.2, 0.25) is 13.3 Å². The summed E-state index contributed by atoms with van der Waals surface area (Å²) >= 11 is 0. The van der Waals surface area contributed by atoms with E-state index in [1.54, 1.807) is 6.66 Å². The molecule has 30 heavy (non-hydrogen) atoms. The Morgan fingerprint density at radius 3 is 2.73 bits per heavy atom. The summed E-state index contributed by atoms with van der Waals surface area (Å²) in [6.07, 6.45) is 2.47. The van der Waals surface area contributed by atoms with E-state index in [9.17, 15) is 4.57 Å². The molecule has 0 bridgehead atoms. The number of anilines is 2. The van der Waals surface area contributed by atoms with Crippen molar-refractivity contribution >= 4 is 43.9 Å². The Hall–Kier alpha value is -2.38. The predicted molar refractivity (Wildman–Crippen MR) is 123 cm³/mol. The maximum absolute atomic E-state index is 12.5. The topological polar surface area (TPSA) is 108 Å². The van der Waals surface area contributed by atoms with Crippen LogP contribution in [-0.2, 0) is 21.8 Å². The van der Waals surface area contributed by atoms with Crippen molar-refractivity contribution in [1.82, 2.24) is 19.5 Å². The molecule has 158 valence electrons. The minimum Gasteiger partial charge on any atom is -0.382 e. The molecule has 2 radical (unpaired) electrons. The van der Waals surface area contributed by atoms with Gasteiger partial charge in [-0.3, -0.25) is 4.57 Å².